The van der Waals surface area contributed by atoms with E-state index in [0.717, 1.165) is 25.9 Å². The quantitative estimate of drug-likeness (QED) is 0.706. The van der Waals surface area contributed by atoms with E-state index < -0.39 is 0 Å². The molecule has 0 heterocycles. The third-order valence-corrected chi connectivity index (χ3v) is 2.46. The highest BCUT2D eigenvalue weighted by Gasteiger charge is 2.09. The molecule has 0 fully saturated rings. The van der Waals surface area contributed by atoms with E-state index in [-0.39, 0.29) is 0 Å². The van der Waals surface area contributed by atoms with Gasteiger partial charge in [-0.2, -0.15) is 0 Å². The molecule has 1 aliphatic rings. The Hall–Kier alpha value is -1.08. The Morgan fingerprint density at radius 1 is 1.29 bits per heavy atom. The minimum absolute atomic E-state index is 0.399. The summed E-state index contributed by atoms with van der Waals surface area (Å²) >= 11 is 0. The van der Waals surface area contributed by atoms with Crippen LogP contribution in [-0.4, -0.2) is 6.10 Å². The smallest absolute Gasteiger partial charge is 0.0720 e. The highest BCUT2D eigenvalue weighted by Crippen LogP contribution is 2.15. The third kappa shape index (κ3) is 2.71. The monoisotopic (exact) mass is 187 g/mol. The van der Waals surface area contributed by atoms with Crippen molar-refractivity contribution in [1.29, 1.82) is 0 Å². The topological polar surface area (TPSA) is 9.23 Å². The SMILES string of the molecule is [C]1=CCC(OCc2ccccc2)CC1. The molecule has 0 amide bonds. The predicted octanol–water partition coefficient (Wildman–Crippen LogP) is 3.12. The normalized spacial score (nSPS) is 21.0. The van der Waals surface area contributed by atoms with Crippen LogP contribution in [0.2, 0.25) is 0 Å². The number of ether oxygens (including phenoxy) is 1. The van der Waals surface area contributed by atoms with Crippen molar-refractivity contribution in [1.82, 2.24) is 0 Å². The van der Waals surface area contributed by atoms with Crippen LogP contribution in [-0.2, 0) is 11.3 Å². The first kappa shape index (κ1) is 9.47. The van der Waals surface area contributed by atoms with E-state index in [2.05, 4.69) is 24.3 Å². The van der Waals surface area contributed by atoms with Gasteiger partial charge in [0.25, 0.3) is 0 Å². The van der Waals surface area contributed by atoms with Crippen LogP contribution < -0.4 is 0 Å². The summed E-state index contributed by atoms with van der Waals surface area (Å²) in [6, 6.07) is 10.3. The van der Waals surface area contributed by atoms with Crippen molar-refractivity contribution in [2.45, 2.75) is 32.0 Å². The van der Waals surface area contributed by atoms with Crippen molar-refractivity contribution < 1.29 is 4.74 Å². The Balaban J connectivity index is 1.80. The van der Waals surface area contributed by atoms with Gasteiger partial charge in [0.1, 0.15) is 0 Å². The lowest BCUT2D eigenvalue weighted by molar-refractivity contribution is 0.0346. The molecule has 1 unspecified atom stereocenters. The molecular formula is C13H15O. The van der Waals surface area contributed by atoms with Crippen molar-refractivity contribution in [2.75, 3.05) is 0 Å². The Kier molecular flexibility index (Phi) is 3.36. The molecule has 1 heteroatoms. The van der Waals surface area contributed by atoms with Crippen molar-refractivity contribution in [3.8, 4) is 0 Å². The van der Waals surface area contributed by atoms with E-state index in [1.165, 1.54) is 5.56 Å². The summed E-state index contributed by atoms with van der Waals surface area (Å²) in [4.78, 5) is 0. The average Bonchev–Trinajstić information content (AvgIpc) is 2.29. The van der Waals surface area contributed by atoms with Crippen molar-refractivity contribution >= 4 is 0 Å². The van der Waals surface area contributed by atoms with Gasteiger partial charge in [0.15, 0.2) is 0 Å². The van der Waals surface area contributed by atoms with Crippen LogP contribution in [0.1, 0.15) is 24.8 Å². The molecule has 1 aromatic carbocycles. The van der Waals surface area contributed by atoms with E-state index in [1.807, 2.05) is 18.2 Å². The maximum absolute atomic E-state index is 5.80. The summed E-state index contributed by atoms with van der Waals surface area (Å²) in [6.45, 7) is 0.735. The standard InChI is InChI=1S/C13H15O/c1-3-7-12(8-4-1)11-14-13-9-5-2-6-10-13/h1,3-5,7-8,13H,6,9-11H2. The number of rotatable bonds is 3. The molecule has 1 nitrogen and oxygen atoms in total. The Labute approximate surface area is 85.4 Å². The number of allylic oxidation sites excluding steroid dienone is 1. The molecule has 1 aromatic rings. The molecule has 0 saturated heterocycles. The summed E-state index contributed by atoms with van der Waals surface area (Å²) < 4.78 is 5.80. The highest BCUT2D eigenvalue weighted by atomic mass is 16.5. The third-order valence-electron chi connectivity index (χ3n) is 2.46. The molecule has 1 atom stereocenters. The second-order valence-corrected chi connectivity index (χ2v) is 3.60. The molecule has 0 N–H and O–H groups in total. The summed E-state index contributed by atoms with van der Waals surface area (Å²) in [7, 11) is 0. The van der Waals surface area contributed by atoms with Gasteiger partial charge in [0.05, 0.1) is 12.7 Å². The molecular weight excluding hydrogens is 172 g/mol. The molecule has 0 spiro atoms. The highest BCUT2D eigenvalue weighted by molar-refractivity contribution is 5.13. The second-order valence-electron chi connectivity index (χ2n) is 3.60. The van der Waals surface area contributed by atoms with E-state index in [0.29, 0.717) is 6.10 Å². The van der Waals surface area contributed by atoms with Crippen molar-refractivity contribution in [3.05, 3.63) is 48.0 Å². The van der Waals surface area contributed by atoms with Crippen LogP contribution in [0.5, 0.6) is 0 Å². The van der Waals surface area contributed by atoms with Gasteiger partial charge in [-0.1, -0.05) is 36.4 Å². The van der Waals surface area contributed by atoms with Gasteiger partial charge >= 0.3 is 0 Å². The summed E-state index contributed by atoms with van der Waals surface area (Å²) in [5, 5.41) is 0. The molecule has 0 aliphatic heterocycles. The van der Waals surface area contributed by atoms with Gasteiger partial charge in [0.2, 0.25) is 0 Å². The van der Waals surface area contributed by atoms with Crippen LogP contribution in [0.4, 0.5) is 0 Å². The maximum Gasteiger partial charge on any atom is 0.0720 e. The van der Waals surface area contributed by atoms with Gasteiger partial charge in [-0.25, -0.2) is 0 Å². The zero-order valence-electron chi connectivity index (χ0n) is 8.28. The number of benzene rings is 1. The van der Waals surface area contributed by atoms with Gasteiger partial charge in [-0.05, 0) is 30.9 Å². The molecule has 14 heavy (non-hydrogen) atoms. The van der Waals surface area contributed by atoms with Crippen LogP contribution >= 0.6 is 0 Å². The van der Waals surface area contributed by atoms with Gasteiger partial charge in [-0.15, -0.1) is 0 Å². The zero-order chi connectivity index (χ0) is 9.64. The predicted molar refractivity (Wildman–Crippen MR) is 56.7 cm³/mol. The fraction of sp³-hybridized carbons (Fsp3) is 0.385. The van der Waals surface area contributed by atoms with E-state index in [9.17, 15) is 0 Å². The second kappa shape index (κ2) is 4.97. The molecule has 0 bridgehead atoms. The van der Waals surface area contributed by atoms with Crippen LogP contribution in [0.15, 0.2) is 36.4 Å². The van der Waals surface area contributed by atoms with Crippen LogP contribution in [0.3, 0.4) is 0 Å². The van der Waals surface area contributed by atoms with E-state index in [4.69, 9.17) is 4.74 Å². The van der Waals surface area contributed by atoms with Gasteiger partial charge in [0, 0.05) is 0 Å². The molecule has 0 saturated carbocycles. The van der Waals surface area contributed by atoms with Crippen LogP contribution in [0.25, 0.3) is 0 Å². The Bertz CT molecular complexity index is 289. The number of hydrogen-bond acceptors (Lipinski definition) is 1. The molecule has 0 aromatic heterocycles. The maximum atomic E-state index is 5.80. The van der Waals surface area contributed by atoms with Crippen molar-refractivity contribution in [2.24, 2.45) is 0 Å². The lowest BCUT2D eigenvalue weighted by atomic mass is 10.0. The molecule has 2 rings (SSSR count). The van der Waals surface area contributed by atoms with Gasteiger partial charge < -0.3 is 4.74 Å². The zero-order valence-corrected chi connectivity index (χ0v) is 8.28. The molecule has 73 valence electrons. The first-order valence-electron chi connectivity index (χ1n) is 5.16. The van der Waals surface area contributed by atoms with E-state index in [1.54, 1.807) is 0 Å². The first-order chi connectivity index (χ1) is 6.95. The van der Waals surface area contributed by atoms with Gasteiger partial charge in [-0.3, -0.25) is 0 Å². The lowest BCUT2D eigenvalue weighted by Gasteiger charge is -2.18. The van der Waals surface area contributed by atoms with E-state index >= 15 is 0 Å². The lowest BCUT2D eigenvalue weighted by Crippen LogP contribution is -2.13. The minimum atomic E-state index is 0.399. The Morgan fingerprint density at radius 3 is 2.86 bits per heavy atom. The fourth-order valence-corrected chi connectivity index (χ4v) is 1.62. The summed E-state index contributed by atoms with van der Waals surface area (Å²) in [5.41, 5.74) is 1.26. The average molecular weight is 187 g/mol. The molecule has 1 radical (unpaired) electrons. The summed E-state index contributed by atoms with van der Waals surface area (Å²) in [6.07, 6.45) is 8.88. The Morgan fingerprint density at radius 2 is 2.14 bits per heavy atom. The summed E-state index contributed by atoms with van der Waals surface area (Å²) in [5.74, 6) is 0. The fourth-order valence-electron chi connectivity index (χ4n) is 1.62. The largest absolute Gasteiger partial charge is 0.373 e. The minimum Gasteiger partial charge on any atom is -0.373 e. The first-order valence-corrected chi connectivity index (χ1v) is 5.16. The van der Waals surface area contributed by atoms with Crippen LogP contribution in [0, 0.1) is 6.08 Å². The molecule has 1 aliphatic carbocycles. The van der Waals surface area contributed by atoms with Crippen molar-refractivity contribution in [3.63, 3.8) is 0 Å². The number of hydrogen-bond donors (Lipinski definition) is 0.